The van der Waals surface area contributed by atoms with Crippen LogP contribution in [0.15, 0.2) is 95.0 Å². The number of aliphatic hydroxyl groups is 2. The number of carbonyl (C=O) groups excluding carboxylic acids is 1. The molecule has 314 valence electrons. The first-order valence-corrected chi connectivity index (χ1v) is 20.5. The average molecular weight is 842 g/mol. The minimum atomic E-state index is -3.90. The highest BCUT2D eigenvalue weighted by Gasteiger charge is 2.46. The van der Waals surface area contributed by atoms with E-state index in [0.717, 1.165) is 15.7 Å². The molecule has 0 radical (unpaired) electrons. The van der Waals surface area contributed by atoms with Crippen LogP contribution in [0.2, 0.25) is 0 Å². The fraction of sp³-hybridized carbons (Fsp3) is 0.308. The Labute approximate surface area is 342 Å². The van der Waals surface area contributed by atoms with Gasteiger partial charge in [0.1, 0.15) is 23.7 Å². The highest BCUT2D eigenvalue weighted by molar-refractivity contribution is 7.89. The van der Waals surface area contributed by atoms with Gasteiger partial charge in [0.2, 0.25) is 21.9 Å². The number of primary sulfonamides is 1. The fourth-order valence-electron chi connectivity index (χ4n) is 7.98. The Morgan fingerprint density at radius 2 is 1.55 bits per heavy atom. The summed E-state index contributed by atoms with van der Waals surface area (Å²) >= 11 is 0. The van der Waals surface area contributed by atoms with Gasteiger partial charge in [0.25, 0.3) is 0 Å². The zero-order chi connectivity index (χ0) is 42.5. The number of nitrogens with two attached hydrogens (primary N) is 1. The molecule has 3 aromatic heterocycles. The van der Waals surface area contributed by atoms with Gasteiger partial charge in [-0.25, -0.2) is 28.1 Å². The Balaban J connectivity index is 1.10. The first-order chi connectivity index (χ1) is 28.6. The van der Waals surface area contributed by atoms with Gasteiger partial charge in [-0.1, -0.05) is 24.3 Å². The molecule has 1 saturated heterocycles. The predicted molar refractivity (Wildman–Crippen MR) is 218 cm³/mol. The Hall–Kier alpha value is -6.68. The molecule has 10 N–H and O–H groups in total. The lowest BCUT2D eigenvalue weighted by atomic mass is 9.91. The van der Waals surface area contributed by atoms with Crippen LogP contribution in [0, 0.1) is 0 Å². The van der Waals surface area contributed by atoms with Crippen LogP contribution < -0.4 is 31.7 Å². The average Bonchev–Trinajstić information content (AvgIpc) is 3.98. The molecule has 5 atom stereocenters. The maximum atomic E-state index is 13.0. The fourth-order valence-corrected chi connectivity index (χ4v) is 8.50. The van der Waals surface area contributed by atoms with Gasteiger partial charge in [0.05, 0.1) is 29.5 Å². The van der Waals surface area contributed by atoms with E-state index in [9.17, 15) is 43.5 Å². The number of hydrogen-bond acceptors (Lipinski definition) is 14. The second kappa shape index (κ2) is 15.8. The van der Waals surface area contributed by atoms with Crippen LogP contribution in [0.5, 0.6) is 17.4 Å². The normalized spacial score (nSPS) is 20.6. The number of hydrogen-bond donors (Lipinski definition) is 9. The summed E-state index contributed by atoms with van der Waals surface area (Å²) in [5.41, 5.74) is 2.19. The minimum Gasteiger partial charge on any atom is -0.508 e. The van der Waals surface area contributed by atoms with Gasteiger partial charge in [0.15, 0.2) is 17.0 Å². The molecule has 8 rings (SSSR count). The van der Waals surface area contributed by atoms with E-state index in [4.69, 9.17) is 15.1 Å². The predicted octanol–water partition coefficient (Wildman–Crippen LogP) is 1.64. The van der Waals surface area contributed by atoms with Gasteiger partial charge < -0.3 is 51.0 Å². The number of aromatic hydroxyl groups is 3. The smallest absolute Gasteiger partial charge is 0.331 e. The molecular formula is C39H43N11O9S. The number of rotatable bonds is 11. The number of urea groups is 1. The van der Waals surface area contributed by atoms with Crippen molar-refractivity contribution in [2.75, 3.05) is 35.2 Å². The summed E-state index contributed by atoms with van der Waals surface area (Å²) in [6, 6.07) is 16.4. The van der Waals surface area contributed by atoms with E-state index in [1.54, 1.807) is 53.1 Å². The number of aromatic nitrogens is 6. The van der Waals surface area contributed by atoms with Crippen molar-refractivity contribution in [1.29, 1.82) is 0 Å². The van der Waals surface area contributed by atoms with Gasteiger partial charge >= 0.3 is 11.7 Å². The Bertz CT molecular complexity index is 2660. The number of nitrogens with zero attached hydrogens (tertiary/aromatic N) is 7. The zero-order valence-corrected chi connectivity index (χ0v) is 32.9. The number of amides is 2. The summed E-state index contributed by atoms with van der Waals surface area (Å²) in [6.07, 6.45) is 0.491. The molecule has 0 spiro atoms. The standard InChI is InChI=1S/C39H43N11O9S/c1-47-19-31(53)50(39(47)57)30-16-29(33(54)34(30)55)49-20-42-32-35(41-17-28(21-2-8-25(51)9-3-21)22-4-10-26(52)11-5-22)45-37(46-36(32)49)48-15-14-24(18-48)44-38(56)43-23-6-12-27(13-7-23)60(40,58)59/h2-13,19-20,24,28-30,33-34,51-55H,14-18H2,1H3,(H2,40,58,59)(H,41,45,46)(H2,43,44,56)/t24-,29-,30+,33+,34-/m1/s1. The molecule has 4 heterocycles. The van der Waals surface area contributed by atoms with E-state index in [1.165, 1.54) is 48.4 Å². The number of aliphatic hydroxyl groups excluding tert-OH is 2. The molecule has 0 unspecified atom stereocenters. The van der Waals surface area contributed by atoms with Crippen molar-refractivity contribution in [3.05, 3.63) is 107 Å². The third kappa shape index (κ3) is 7.89. The van der Waals surface area contributed by atoms with E-state index in [1.807, 2.05) is 4.90 Å². The van der Waals surface area contributed by atoms with Crippen LogP contribution in [0.4, 0.5) is 22.2 Å². The van der Waals surface area contributed by atoms with Crippen LogP contribution in [0.3, 0.4) is 0 Å². The number of aryl methyl sites for hydroxylation is 1. The van der Waals surface area contributed by atoms with Crippen LogP contribution in [0.25, 0.3) is 11.2 Å². The lowest BCUT2D eigenvalue weighted by molar-refractivity contribution is 0.00756. The first kappa shape index (κ1) is 40.1. The SMILES string of the molecule is Cn1cc(O)n([C@H]2C[C@@H](n3cnc4c(NCC(c5ccc(O)cc5)c5ccc(O)cc5)nc(N5CC[C@@H](NC(=O)Nc6ccc(S(N)(=O)=O)cc6)C5)nc43)[C@H](O)[C@@H]2O)c1=O. The molecule has 3 aromatic carbocycles. The number of anilines is 3. The van der Waals surface area contributed by atoms with Gasteiger partial charge in [0, 0.05) is 44.3 Å². The highest BCUT2D eigenvalue weighted by atomic mass is 32.2. The Kier molecular flexibility index (Phi) is 10.6. The molecule has 6 aromatic rings. The van der Waals surface area contributed by atoms with Gasteiger partial charge in [-0.2, -0.15) is 9.97 Å². The number of nitrogens with one attached hydrogen (secondary N) is 3. The zero-order valence-electron chi connectivity index (χ0n) is 32.1. The van der Waals surface area contributed by atoms with Gasteiger partial charge in [-0.05, 0) is 72.5 Å². The maximum absolute atomic E-state index is 13.0. The number of phenols is 2. The first-order valence-electron chi connectivity index (χ1n) is 19.0. The van der Waals surface area contributed by atoms with Crippen LogP contribution in [-0.4, -0.2) is 107 Å². The van der Waals surface area contributed by atoms with Gasteiger partial charge in [-0.3, -0.25) is 9.13 Å². The van der Waals surface area contributed by atoms with E-state index >= 15 is 0 Å². The lowest BCUT2D eigenvalue weighted by Gasteiger charge is -2.22. The number of fused-ring (bicyclic) bond motifs is 1. The molecule has 2 aliphatic rings. The summed E-state index contributed by atoms with van der Waals surface area (Å²) in [5.74, 6) is 0.187. The second-order valence-electron chi connectivity index (χ2n) is 15.0. The second-order valence-corrected chi connectivity index (χ2v) is 16.6. The summed E-state index contributed by atoms with van der Waals surface area (Å²) in [5, 5.41) is 67.5. The monoisotopic (exact) mass is 841 g/mol. The van der Waals surface area contributed by atoms with Crippen LogP contribution in [-0.2, 0) is 17.1 Å². The highest BCUT2D eigenvalue weighted by Crippen LogP contribution is 2.41. The lowest BCUT2D eigenvalue weighted by Crippen LogP contribution is -2.40. The number of benzene rings is 3. The summed E-state index contributed by atoms with van der Waals surface area (Å²) in [6.45, 7) is 1.03. The quantitative estimate of drug-likeness (QED) is 0.0897. The van der Waals surface area contributed by atoms with Crippen molar-refractivity contribution in [2.24, 2.45) is 12.2 Å². The van der Waals surface area contributed by atoms with Crippen LogP contribution >= 0.6 is 0 Å². The molecule has 0 bridgehead atoms. The third-order valence-electron chi connectivity index (χ3n) is 11.1. The molecular weight excluding hydrogens is 799 g/mol. The maximum Gasteiger partial charge on any atom is 0.331 e. The van der Waals surface area contributed by atoms with Crippen molar-refractivity contribution < 1.29 is 38.7 Å². The van der Waals surface area contributed by atoms with E-state index < -0.39 is 46.0 Å². The molecule has 21 heteroatoms. The van der Waals surface area contributed by atoms with Crippen molar-refractivity contribution in [3.63, 3.8) is 0 Å². The Morgan fingerprint density at radius 1 is 0.917 bits per heavy atom. The molecule has 2 fully saturated rings. The molecule has 20 nitrogen and oxygen atoms in total. The van der Waals surface area contributed by atoms with Crippen LogP contribution in [0.1, 0.15) is 42.0 Å². The minimum absolute atomic E-state index is 0.0483. The molecule has 2 amide bonds. The molecule has 60 heavy (non-hydrogen) atoms. The van der Waals surface area contributed by atoms with Crippen molar-refractivity contribution in [2.45, 2.75) is 54.0 Å². The van der Waals surface area contributed by atoms with Crippen molar-refractivity contribution in [3.8, 4) is 17.4 Å². The number of phenolic OH excluding ortho intramolecular Hbond substituents is 2. The largest absolute Gasteiger partial charge is 0.508 e. The summed E-state index contributed by atoms with van der Waals surface area (Å²) < 4.78 is 27.1. The number of carbonyl (C=O) groups is 1. The van der Waals surface area contributed by atoms with Crippen molar-refractivity contribution >= 4 is 44.7 Å². The Morgan fingerprint density at radius 3 is 2.15 bits per heavy atom. The topological polar surface area (TPSA) is 288 Å². The third-order valence-corrected chi connectivity index (χ3v) is 12.0. The molecule has 1 aliphatic heterocycles. The number of imidazole rings is 2. The number of sulfonamides is 1. The van der Waals surface area contributed by atoms with E-state index in [0.29, 0.717) is 42.2 Å². The summed E-state index contributed by atoms with van der Waals surface area (Å²) in [7, 11) is -2.42. The van der Waals surface area contributed by atoms with E-state index in [2.05, 4.69) is 20.9 Å². The van der Waals surface area contributed by atoms with Crippen molar-refractivity contribution in [1.82, 2.24) is 34.0 Å². The van der Waals surface area contributed by atoms with Gasteiger partial charge in [-0.15, -0.1) is 0 Å². The molecule has 1 aliphatic carbocycles. The summed E-state index contributed by atoms with van der Waals surface area (Å²) in [4.78, 5) is 42.2. The molecule has 1 saturated carbocycles. The van der Waals surface area contributed by atoms with E-state index in [-0.39, 0.29) is 53.1 Å².